The van der Waals surface area contributed by atoms with Gasteiger partial charge in [-0.2, -0.15) is 0 Å². The van der Waals surface area contributed by atoms with E-state index in [1.54, 1.807) is 18.2 Å². The van der Waals surface area contributed by atoms with Crippen molar-refractivity contribution in [2.24, 2.45) is 0 Å². The molecule has 0 aliphatic rings. The van der Waals surface area contributed by atoms with Gasteiger partial charge in [-0.15, -0.1) is 0 Å². The summed E-state index contributed by atoms with van der Waals surface area (Å²) in [6.07, 6.45) is -0.381. The van der Waals surface area contributed by atoms with Crippen molar-refractivity contribution in [3.63, 3.8) is 0 Å². The van der Waals surface area contributed by atoms with E-state index in [2.05, 4.69) is 5.32 Å². The molecule has 1 atom stereocenters. The van der Waals surface area contributed by atoms with E-state index in [1.165, 1.54) is 19.1 Å². The van der Waals surface area contributed by atoms with Crippen LogP contribution in [-0.2, 0) is 20.7 Å². The molecule has 0 fully saturated rings. The quantitative estimate of drug-likeness (QED) is 0.592. The monoisotopic (exact) mass is 395 g/mol. The highest BCUT2D eigenvalue weighted by molar-refractivity contribution is 5.84. The molecule has 3 aromatic carbocycles. The minimum Gasteiger partial charge on any atom is -0.482 e. The summed E-state index contributed by atoms with van der Waals surface area (Å²) in [7, 11) is 0. The van der Waals surface area contributed by atoms with Crippen LogP contribution < -0.4 is 10.1 Å². The Morgan fingerprint density at radius 3 is 2.48 bits per heavy atom. The number of rotatable bonds is 8. The van der Waals surface area contributed by atoms with Gasteiger partial charge in [0.15, 0.2) is 12.7 Å². The first-order valence-electron chi connectivity index (χ1n) is 9.34. The number of esters is 1. The van der Waals surface area contributed by atoms with Crippen molar-refractivity contribution in [1.82, 2.24) is 5.32 Å². The lowest BCUT2D eigenvalue weighted by molar-refractivity contribution is -0.156. The third kappa shape index (κ3) is 6.04. The van der Waals surface area contributed by atoms with Crippen LogP contribution in [0.4, 0.5) is 4.39 Å². The summed E-state index contributed by atoms with van der Waals surface area (Å²) in [5, 5.41) is 4.78. The Kier molecular flexibility index (Phi) is 6.79. The number of nitrogens with one attached hydrogen (secondary N) is 1. The molecule has 0 aliphatic carbocycles. The summed E-state index contributed by atoms with van der Waals surface area (Å²) in [5.74, 6) is -0.771. The topological polar surface area (TPSA) is 64.6 Å². The highest BCUT2D eigenvalue weighted by Crippen LogP contribution is 2.20. The van der Waals surface area contributed by atoms with E-state index in [9.17, 15) is 14.0 Å². The molecule has 0 radical (unpaired) electrons. The van der Waals surface area contributed by atoms with Gasteiger partial charge < -0.3 is 14.8 Å². The summed E-state index contributed by atoms with van der Waals surface area (Å²) in [6, 6.07) is 19.4. The number of hydrogen-bond donors (Lipinski definition) is 1. The Labute approximate surface area is 168 Å². The Hall–Kier alpha value is -3.41. The van der Waals surface area contributed by atoms with Gasteiger partial charge in [-0.25, -0.2) is 9.18 Å². The Morgan fingerprint density at radius 1 is 1.00 bits per heavy atom. The van der Waals surface area contributed by atoms with Gasteiger partial charge in [-0.05, 0) is 53.9 Å². The molecule has 1 N–H and O–H groups in total. The molecule has 0 saturated carbocycles. The van der Waals surface area contributed by atoms with Gasteiger partial charge in [0.1, 0.15) is 11.6 Å². The van der Waals surface area contributed by atoms with Gasteiger partial charge in [0.2, 0.25) is 0 Å². The van der Waals surface area contributed by atoms with E-state index >= 15 is 0 Å². The number of ether oxygens (including phenoxy) is 2. The maximum atomic E-state index is 12.9. The molecule has 150 valence electrons. The van der Waals surface area contributed by atoms with Crippen molar-refractivity contribution < 1.29 is 23.5 Å². The van der Waals surface area contributed by atoms with Gasteiger partial charge in [-0.1, -0.05) is 42.5 Å². The van der Waals surface area contributed by atoms with Crippen molar-refractivity contribution in [1.29, 1.82) is 0 Å². The predicted octanol–water partition coefficient (Wildman–Crippen LogP) is 3.65. The molecule has 3 rings (SSSR count). The van der Waals surface area contributed by atoms with Gasteiger partial charge in [0.05, 0.1) is 0 Å². The first-order chi connectivity index (χ1) is 14.0. The first-order valence-corrected chi connectivity index (χ1v) is 9.34. The van der Waals surface area contributed by atoms with Crippen LogP contribution in [0.5, 0.6) is 5.75 Å². The number of carbonyl (C=O) groups excluding carboxylic acids is 2. The van der Waals surface area contributed by atoms with E-state index < -0.39 is 18.0 Å². The average Bonchev–Trinajstić information content (AvgIpc) is 2.73. The Morgan fingerprint density at radius 2 is 1.72 bits per heavy atom. The number of benzene rings is 3. The smallest absolute Gasteiger partial charge is 0.344 e. The molecule has 1 amide bonds. The average molecular weight is 395 g/mol. The Balaban J connectivity index is 1.40. The molecular formula is C23H22FNO4. The predicted molar refractivity (Wildman–Crippen MR) is 108 cm³/mol. The van der Waals surface area contributed by atoms with Crippen LogP contribution in [0.25, 0.3) is 10.8 Å². The molecule has 0 aliphatic heterocycles. The second-order valence-electron chi connectivity index (χ2n) is 6.60. The number of carbonyl (C=O) groups is 2. The van der Waals surface area contributed by atoms with Crippen molar-refractivity contribution in [2.75, 3.05) is 13.2 Å². The largest absolute Gasteiger partial charge is 0.482 e. The summed E-state index contributed by atoms with van der Waals surface area (Å²) in [4.78, 5) is 24.0. The molecular weight excluding hydrogens is 373 g/mol. The fourth-order valence-electron chi connectivity index (χ4n) is 2.81. The first kappa shape index (κ1) is 20.3. The van der Waals surface area contributed by atoms with Crippen LogP contribution in [0, 0.1) is 5.82 Å². The number of halogens is 1. The second kappa shape index (κ2) is 9.68. The van der Waals surface area contributed by atoms with Crippen LogP contribution in [-0.4, -0.2) is 31.1 Å². The maximum absolute atomic E-state index is 12.9. The van der Waals surface area contributed by atoms with E-state index in [1.807, 2.05) is 36.4 Å². The van der Waals surface area contributed by atoms with E-state index in [4.69, 9.17) is 9.47 Å². The van der Waals surface area contributed by atoms with Gasteiger partial charge in [0.25, 0.3) is 5.91 Å². The van der Waals surface area contributed by atoms with Crippen LogP contribution in [0.2, 0.25) is 0 Å². The van der Waals surface area contributed by atoms with Crippen LogP contribution in [0.1, 0.15) is 12.5 Å². The number of amides is 1. The zero-order chi connectivity index (χ0) is 20.6. The normalized spacial score (nSPS) is 11.7. The van der Waals surface area contributed by atoms with Crippen LogP contribution >= 0.6 is 0 Å². The molecule has 0 aromatic heterocycles. The zero-order valence-electron chi connectivity index (χ0n) is 16.1. The maximum Gasteiger partial charge on any atom is 0.344 e. The third-order valence-electron chi connectivity index (χ3n) is 4.38. The fraction of sp³-hybridized carbons (Fsp3) is 0.217. The summed E-state index contributed by atoms with van der Waals surface area (Å²) in [5.41, 5.74) is 0.903. The van der Waals surface area contributed by atoms with Crippen molar-refractivity contribution in [3.8, 4) is 5.75 Å². The minimum absolute atomic E-state index is 0.286. The fourth-order valence-corrected chi connectivity index (χ4v) is 2.81. The lowest BCUT2D eigenvalue weighted by Crippen LogP contribution is -2.37. The molecule has 0 bridgehead atoms. The van der Waals surface area contributed by atoms with E-state index in [0.717, 1.165) is 16.3 Å². The molecule has 0 unspecified atom stereocenters. The molecule has 6 heteroatoms. The second-order valence-corrected chi connectivity index (χ2v) is 6.60. The molecule has 0 saturated heterocycles. The van der Waals surface area contributed by atoms with Crippen molar-refractivity contribution in [2.45, 2.75) is 19.4 Å². The SMILES string of the molecule is C[C@@H](OC(=O)COc1ccc2ccccc2c1)C(=O)NCCc1ccc(F)cc1. The zero-order valence-corrected chi connectivity index (χ0v) is 16.1. The lowest BCUT2D eigenvalue weighted by atomic mass is 10.1. The summed E-state index contributed by atoms with van der Waals surface area (Å²) >= 11 is 0. The standard InChI is InChI=1S/C23H22FNO4/c1-16(23(27)25-13-12-17-6-9-20(24)10-7-17)29-22(26)15-28-21-11-8-18-4-2-3-5-19(18)14-21/h2-11,14,16H,12-13,15H2,1H3,(H,25,27)/t16-/m1/s1. The van der Waals surface area contributed by atoms with E-state index in [-0.39, 0.29) is 12.4 Å². The Bertz CT molecular complexity index is 988. The van der Waals surface area contributed by atoms with Crippen molar-refractivity contribution >= 4 is 22.6 Å². The van der Waals surface area contributed by atoms with Gasteiger partial charge in [-0.3, -0.25) is 4.79 Å². The highest BCUT2D eigenvalue weighted by Gasteiger charge is 2.17. The van der Waals surface area contributed by atoms with E-state index in [0.29, 0.717) is 18.7 Å². The summed E-state index contributed by atoms with van der Waals surface area (Å²) in [6.45, 7) is 1.58. The third-order valence-corrected chi connectivity index (χ3v) is 4.38. The van der Waals surface area contributed by atoms with Crippen LogP contribution in [0.3, 0.4) is 0 Å². The molecule has 29 heavy (non-hydrogen) atoms. The lowest BCUT2D eigenvalue weighted by Gasteiger charge is -2.14. The van der Waals surface area contributed by atoms with Crippen molar-refractivity contribution in [3.05, 3.63) is 78.1 Å². The molecule has 3 aromatic rings. The summed E-state index contributed by atoms with van der Waals surface area (Å²) < 4.78 is 23.5. The van der Waals surface area contributed by atoms with Gasteiger partial charge >= 0.3 is 5.97 Å². The minimum atomic E-state index is -0.934. The highest BCUT2D eigenvalue weighted by atomic mass is 19.1. The number of hydrogen-bond acceptors (Lipinski definition) is 4. The van der Waals surface area contributed by atoms with Gasteiger partial charge in [0, 0.05) is 6.54 Å². The molecule has 0 spiro atoms. The number of fused-ring (bicyclic) bond motifs is 1. The molecule has 0 heterocycles. The molecule has 5 nitrogen and oxygen atoms in total. The van der Waals surface area contributed by atoms with Crippen LogP contribution in [0.15, 0.2) is 66.7 Å².